The van der Waals surface area contributed by atoms with Gasteiger partial charge in [0.2, 0.25) is 0 Å². The van der Waals surface area contributed by atoms with E-state index in [1.807, 2.05) is 65.6 Å². The van der Waals surface area contributed by atoms with Gasteiger partial charge in [0.1, 0.15) is 0 Å². The average molecular weight is 392 g/mol. The number of ketones is 1. The zero-order valence-corrected chi connectivity index (χ0v) is 16.9. The third kappa shape index (κ3) is 4.92. The van der Waals surface area contributed by atoms with Gasteiger partial charge in [0.05, 0.1) is 0 Å². The number of nitrogens with zero attached hydrogens (tertiary/aromatic N) is 3. The van der Waals surface area contributed by atoms with Crippen LogP contribution in [-0.2, 0) is 0 Å². The number of carbonyl (C=O) groups is 2. The fraction of sp³-hybridized carbons (Fsp3) is 0.417. The molecule has 0 radical (unpaired) electrons. The van der Waals surface area contributed by atoms with Gasteiger partial charge in [-0.15, -0.1) is 0 Å². The lowest BCUT2D eigenvalue weighted by molar-refractivity contribution is 0.00576. The summed E-state index contributed by atoms with van der Waals surface area (Å²) in [4.78, 5) is 31.7. The van der Waals surface area contributed by atoms with E-state index in [0.29, 0.717) is 12.5 Å². The number of benzene rings is 2. The maximum absolute atomic E-state index is 12.6. The lowest BCUT2D eigenvalue weighted by Gasteiger charge is -2.48. The maximum Gasteiger partial charge on any atom is 0.253 e. The smallest absolute Gasteiger partial charge is 0.253 e. The molecule has 0 saturated carbocycles. The molecule has 0 bridgehead atoms. The highest BCUT2D eigenvalue weighted by Gasteiger charge is 2.33. The molecule has 152 valence electrons. The van der Waals surface area contributed by atoms with Crippen molar-refractivity contribution in [3.05, 3.63) is 71.8 Å². The minimum atomic E-state index is 0.142. The molecule has 2 heterocycles. The molecular formula is C24H29N3O2. The number of Topliss-reactive ketones (excluding diaryl/α,β-unsaturated/α-hetero) is 1. The van der Waals surface area contributed by atoms with Crippen LogP contribution in [0.3, 0.4) is 0 Å². The van der Waals surface area contributed by atoms with Crippen LogP contribution in [0.4, 0.5) is 0 Å². The van der Waals surface area contributed by atoms with Crippen LogP contribution in [0.2, 0.25) is 0 Å². The number of piperazine rings is 1. The van der Waals surface area contributed by atoms with Gasteiger partial charge >= 0.3 is 0 Å². The lowest BCUT2D eigenvalue weighted by atomic mass is 10.0. The highest BCUT2D eigenvalue weighted by Crippen LogP contribution is 2.19. The molecule has 5 heteroatoms. The monoisotopic (exact) mass is 391 g/mol. The van der Waals surface area contributed by atoms with Crippen molar-refractivity contribution in [1.82, 2.24) is 14.7 Å². The Labute approximate surface area is 172 Å². The zero-order chi connectivity index (χ0) is 20.1. The highest BCUT2D eigenvalue weighted by molar-refractivity contribution is 5.96. The molecule has 0 aliphatic carbocycles. The summed E-state index contributed by atoms with van der Waals surface area (Å²) in [6.07, 6.45) is 1.53. The van der Waals surface area contributed by atoms with E-state index in [0.717, 1.165) is 63.4 Å². The van der Waals surface area contributed by atoms with Crippen LogP contribution in [0.15, 0.2) is 60.7 Å². The molecule has 2 aliphatic rings. The van der Waals surface area contributed by atoms with E-state index in [-0.39, 0.29) is 11.7 Å². The summed E-state index contributed by atoms with van der Waals surface area (Å²) >= 11 is 0. The van der Waals surface area contributed by atoms with Crippen molar-refractivity contribution in [3.63, 3.8) is 0 Å². The van der Waals surface area contributed by atoms with Gasteiger partial charge in [0.25, 0.3) is 5.91 Å². The first-order valence-electron chi connectivity index (χ1n) is 10.6. The Balaban J connectivity index is 1.13. The van der Waals surface area contributed by atoms with Gasteiger partial charge in [-0.2, -0.15) is 0 Å². The van der Waals surface area contributed by atoms with E-state index in [1.165, 1.54) is 0 Å². The normalized spacial score (nSPS) is 18.4. The molecule has 5 nitrogen and oxygen atoms in total. The number of carbonyl (C=O) groups excluding carboxylic acids is 2. The molecule has 29 heavy (non-hydrogen) atoms. The van der Waals surface area contributed by atoms with E-state index in [9.17, 15) is 9.59 Å². The van der Waals surface area contributed by atoms with Gasteiger partial charge in [-0.25, -0.2) is 0 Å². The summed E-state index contributed by atoms with van der Waals surface area (Å²) in [6.45, 7) is 6.64. The first kappa shape index (κ1) is 19.8. The molecule has 0 spiro atoms. The van der Waals surface area contributed by atoms with Crippen LogP contribution in [0.25, 0.3) is 0 Å². The minimum Gasteiger partial charge on any atom is -0.336 e. The van der Waals surface area contributed by atoms with Gasteiger partial charge in [-0.05, 0) is 25.1 Å². The molecule has 0 atom stereocenters. The molecule has 0 aromatic heterocycles. The predicted molar refractivity (Wildman–Crippen MR) is 114 cm³/mol. The molecule has 2 saturated heterocycles. The Morgan fingerprint density at radius 2 is 1.38 bits per heavy atom. The highest BCUT2D eigenvalue weighted by atomic mass is 16.2. The molecule has 2 aliphatic heterocycles. The van der Waals surface area contributed by atoms with Crippen molar-refractivity contribution in [3.8, 4) is 0 Å². The molecular weight excluding hydrogens is 362 g/mol. The standard InChI is InChI=1S/C24H29N3O2/c28-23(20-8-3-1-4-9-20)12-7-13-25-18-22(19-25)26-14-16-27(17-15-26)24(29)21-10-5-2-6-11-21/h1-6,8-11,22H,7,12-19H2. The van der Waals surface area contributed by atoms with E-state index in [2.05, 4.69) is 9.80 Å². The number of likely N-dealkylation sites (tertiary alicyclic amines) is 1. The van der Waals surface area contributed by atoms with Crippen LogP contribution in [0.5, 0.6) is 0 Å². The van der Waals surface area contributed by atoms with Crippen LogP contribution in [0, 0.1) is 0 Å². The summed E-state index contributed by atoms with van der Waals surface area (Å²) in [5.41, 5.74) is 1.60. The molecule has 1 amide bonds. The Morgan fingerprint density at radius 1 is 0.793 bits per heavy atom. The molecule has 0 unspecified atom stereocenters. The zero-order valence-electron chi connectivity index (χ0n) is 16.9. The van der Waals surface area contributed by atoms with E-state index in [4.69, 9.17) is 0 Å². The topological polar surface area (TPSA) is 43.9 Å². The summed E-state index contributed by atoms with van der Waals surface area (Å²) in [6, 6.07) is 19.7. The second kappa shape index (κ2) is 9.33. The first-order chi connectivity index (χ1) is 14.2. The quantitative estimate of drug-likeness (QED) is 0.681. The number of hydrogen-bond acceptors (Lipinski definition) is 4. The Bertz CT molecular complexity index is 811. The second-order valence-electron chi connectivity index (χ2n) is 8.00. The number of hydrogen-bond donors (Lipinski definition) is 0. The van der Waals surface area contributed by atoms with Crippen molar-refractivity contribution >= 4 is 11.7 Å². The van der Waals surface area contributed by atoms with Crippen molar-refractivity contribution in [2.75, 3.05) is 45.8 Å². The third-order valence-corrected chi connectivity index (χ3v) is 6.05. The van der Waals surface area contributed by atoms with Crippen LogP contribution in [0.1, 0.15) is 33.6 Å². The predicted octanol–water partition coefficient (Wildman–Crippen LogP) is 2.79. The maximum atomic E-state index is 12.6. The average Bonchev–Trinajstić information content (AvgIpc) is 2.76. The summed E-state index contributed by atoms with van der Waals surface area (Å²) in [5, 5.41) is 0. The van der Waals surface area contributed by atoms with Crippen LogP contribution < -0.4 is 0 Å². The van der Waals surface area contributed by atoms with Gasteiger partial charge in [-0.3, -0.25) is 14.5 Å². The molecule has 2 aromatic carbocycles. The first-order valence-corrected chi connectivity index (χ1v) is 10.6. The second-order valence-corrected chi connectivity index (χ2v) is 8.00. The summed E-state index contributed by atoms with van der Waals surface area (Å²) < 4.78 is 0. The largest absolute Gasteiger partial charge is 0.336 e. The molecule has 2 aromatic rings. The minimum absolute atomic E-state index is 0.142. The van der Waals surface area contributed by atoms with Crippen LogP contribution in [-0.4, -0.2) is 78.2 Å². The molecule has 2 fully saturated rings. The fourth-order valence-corrected chi connectivity index (χ4v) is 4.24. The van der Waals surface area contributed by atoms with Crippen molar-refractivity contribution in [2.24, 2.45) is 0 Å². The SMILES string of the molecule is O=C(CCCN1CC(N2CCN(C(=O)c3ccccc3)CC2)C1)c1ccccc1. The molecule has 0 N–H and O–H groups in total. The van der Waals surface area contributed by atoms with Gasteiger partial charge in [-0.1, -0.05) is 48.5 Å². The van der Waals surface area contributed by atoms with E-state index < -0.39 is 0 Å². The Kier molecular flexibility index (Phi) is 6.37. The van der Waals surface area contributed by atoms with Gasteiger partial charge in [0.15, 0.2) is 5.78 Å². The van der Waals surface area contributed by atoms with E-state index >= 15 is 0 Å². The lowest BCUT2D eigenvalue weighted by Crippen LogP contribution is -2.63. The van der Waals surface area contributed by atoms with Crippen molar-refractivity contribution in [1.29, 1.82) is 0 Å². The Hall–Kier alpha value is -2.50. The van der Waals surface area contributed by atoms with Gasteiger partial charge in [0, 0.05) is 62.9 Å². The fourth-order valence-electron chi connectivity index (χ4n) is 4.24. The Morgan fingerprint density at radius 3 is 2.00 bits per heavy atom. The van der Waals surface area contributed by atoms with E-state index in [1.54, 1.807) is 0 Å². The third-order valence-electron chi connectivity index (χ3n) is 6.05. The van der Waals surface area contributed by atoms with Crippen LogP contribution >= 0.6 is 0 Å². The number of amides is 1. The van der Waals surface area contributed by atoms with Crippen molar-refractivity contribution in [2.45, 2.75) is 18.9 Å². The van der Waals surface area contributed by atoms with Gasteiger partial charge < -0.3 is 9.80 Å². The molecule has 4 rings (SSSR count). The number of rotatable bonds is 7. The van der Waals surface area contributed by atoms with Crippen molar-refractivity contribution < 1.29 is 9.59 Å². The summed E-state index contributed by atoms with van der Waals surface area (Å²) in [7, 11) is 0. The summed E-state index contributed by atoms with van der Waals surface area (Å²) in [5.74, 6) is 0.380.